The smallest absolute Gasteiger partial charge is 0.198 e. The van der Waals surface area contributed by atoms with Gasteiger partial charge < -0.3 is 0 Å². The van der Waals surface area contributed by atoms with Gasteiger partial charge in [-0.1, -0.05) is 11.6 Å². The molecule has 3 nitrogen and oxygen atoms in total. The molecule has 0 saturated heterocycles. The highest BCUT2D eigenvalue weighted by molar-refractivity contribution is 6.50. The van der Waals surface area contributed by atoms with Gasteiger partial charge in [0.1, 0.15) is 5.03 Å². The molecule has 0 bridgehead atoms. The number of ketones is 2. The van der Waals surface area contributed by atoms with Gasteiger partial charge in [-0.25, -0.2) is 0 Å². The molecule has 0 fully saturated rings. The van der Waals surface area contributed by atoms with Crippen molar-refractivity contribution in [2.75, 3.05) is 0 Å². The molecule has 1 aliphatic carbocycles. The number of carbonyl (C=O) groups excluding carboxylic acids is 3. The summed E-state index contributed by atoms with van der Waals surface area (Å²) < 4.78 is 0. The monoisotopic (exact) mass is 170 g/mol. The minimum atomic E-state index is -0.524. The van der Waals surface area contributed by atoms with Crippen molar-refractivity contribution in [2.24, 2.45) is 0 Å². The molecule has 4 heteroatoms. The van der Waals surface area contributed by atoms with Gasteiger partial charge in [-0.2, -0.15) is 0 Å². The minimum Gasteiger partial charge on any atom is -0.298 e. The Balaban J connectivity index is 3.19. The topological polar surface area (TPSA) is 51.2 Å². The van der Waals surface area contributed by atoms with Crippen LogP contribution in [0.3, 0.4) is 0 Å². The van der Waals surface area contributed by atoms with Crippen molar-refractivity contribution in [3.05, 3.63) is 22.8 Å². The van der Waals surface area contributed by atoms with Crippen molar-refractivity contribution in [2.45, 2.75) is 0 Å². The molecule has 0 unspecified atom stereocenters. The summed E-state index contributed by atoms with van der Waals surface area (Å²) in [4.78, 5) is 31.7. The summed E-state index contributed by atoms with van der Waals surface area (Å²) in [7, 11) is 0. The number of carbonyl (C=O) groups is 3. The average Bonchev–Trinajstić information content (AvgIpc) is 1.99. The van der Waals surface area contributed by atoms with E-state index in [0.29, 0.717) is 0 Å². The maximum Gasteiger partial charge on any atom is 0.198 e. The van der Waals surface area contributed by atoms with Gasteiger partial charge in [-0.05, 0) is 12.2 Å². The Morgan fingerprint density at radius 1 is 1.18 bits per heavy atom. The Morgan fingerprint density at radius 3 is 2.18 bits per heavy atom. The second kappa shape index (κ2) is 2.80. The van der Waals surface area contributed by atoms with Crippen molar-refractivity contribution in [1.82, 2.24) is 0 Å². The minimum absolute atomic E-state index is 0.265. The van der Waals surface area contributed by atoms with E-state index in [-0.39, 0.29) is 16.9 Å². The average molecular weight is 171 g/mol. The molecule has 0 aromatic heterocycles. The molecule has 0 radical (unpaired) electrons. The summed E-state index contributed by atoms with van der Waals surface area (Å²) in [6, 6.07) is 0. The maximum absolute atomic E-state index is 10.8. The lowest BCUT2D eigenvalue weighted by atomic mass is 10.1. The summed E-state index contributed by atoms with van der Waals surface area (Å²) in [6.45, 7) is 0. The van der Waals surface area contributed by atoms with Crippen LogP contribution in [0.15, 0.2) is 22.8 Å². The molecule has 0 aromatic rings. The van der Waals surface area contributed by atoms with E-state index in [9.17, 15) is 14.4 Å². The molecule has 0 atom stereocenters. The number of hydrogen-bond acceptors (Lipinski definition) is 3. The fourth-order valence-corrected chi connectivity index (χ4v) is 0.866. The van der Waals surface area contributed by atoms with E-state index in [1.165, 1.54) is 0 Å². The lowest BCUT2D eigenvalue weighted by Gasteiger charge is -2.01. The molecule has 0 heterocycles. The Kier molecular flexibility index (Phi) is 2.01. The van der Waals surface area contributed by atoms with Crippen LogP contribution in [0.1, 0.15) is 0 Å². The fraction of sp³-hybridized carbons (Fsp3) is 0. The maximum atomic E-state index is 10.8. The molecule has 0 spiro atoms. The Hall–Kier alpha value is -1.22. The number of hydrogen-bond donors (Lipinski definition) is 0. The molecule has 0 amide bonds. The van der Waals surface area contributed by atoms with Gasteiger partial charge in [0.15, 0.2) is 17.9 Å². The molecule has 1 rings (SSSR count). The van der Waals surface area contributed by atoms with Gasteiger partial charge in [0.05, 0.1) is 5.57 Å². The van der Waals surface area contributed by atoms with E-state index in [0.717, 1.165) is 12.2 Å². The summed E-state index contributed by atoms with van der Waals surface area (Å²) in [6.07, 6.45) is 2.35. The quantitative estimate of drug-likeness (QED) is 0.325. The van der Waals surface area contributed by atoms with Crippen molar-refractivity contribution in [1.29, 1.82) is 0 Å². The lowest BCUT2D eigenvalue weighted by Crippen LogP contribution is -2.12. The van der Waals surface area contributed by atoms with Gasteiger partial charge >= 0.3 is 0 Å². The highest BCUT2D eigenvalue weighted by Gasteiger charge is 2.19. The van der Waals surface area contributed by atoms with Crippen molar-refractivity contribution in [3.8, 4) is 0 Å². The third-order valence-corrected chi connectivity index (χ3v) is 1.61. The van der Waals surface area contributed by atoms with Crippen molar-refractivity contribution in [3.63, 3.8) is 0 Å². The first kappa shape index (κ1) is 7.88. The van der Waals surface area contributed by atoms with Gasteiger partial charge in [0.2, 0.25) is 0 Å². The molecule has 0 aliphatic heterocycles. The van der Waals surface area contributed by atoms with Crippen LogP contribution >= 0.6 is 11.6 Å². The SMILES string of the molecule is O=CC1=C(Cl)C(=O)C=CC1=O. The Labute approximate surface area is 67.3 Å². The normalized spacial score (nSPS) is 17.5. The number of halogens is 1. The molecular weight excluding hydrogens is 168 g/mol. The standard InChI is InChI=1S/C7H3ClO3/c8-7-4(3-9)5(10)1-2-6(7)11/h1-3H. The highest BCUT2D eigenvalue weighted by Crippen LogP contribution is 2.15. The first-order valence-corrected chi connectivity index (χ1v) is 3.16. The summed E-state index contributed by atoms with van der Waals surface area (Å²) >= 11 is 5.35. The highest BCUT2D eigenvalue weighted by atomic mass is 35.5. The molecule has 1 aliphatic rings. The van der Waals surface area contributed by atoms with Crippen LogP contribution in [-0.4, -0.2) is 17.9 Å². The largest absolute Gasteiger partial charge is 0.298 e. The van der Waals surface area contributed by atoms with Gasteiger partial charge in [-0.3, -0.25) is 14.4 Å². The van der Waals surface area contributed by atoms with Crippen molar-refractivity contribution < 1.29 is 14.4 Å². The molecule has 0 aromatic carbocycles. The second-order valence-corrected chi connectivity index (χ2v) is 2.29. The number of aldehydes is 1. The van der Waals surface area contributed by atoms with Crippen LogP contribution < -0.4 is 0 Å². The zero-order valence-corrected chi connectivity index (χ0v) is 6.09. The summed E-state index contributed by atoms with van der Waals surface area (Å²) in [5.41, 5.74) is -0.265. The summed E-state index contributed by atoms with van der Waals surface area (Å²) in [5, 5.41) is -0.299. The molecule has 0 N–H and O–H groups in total. The van der Waals surface area contributed by atoms with E-state index in [1.54, 1.807) is 0 Å². The fourth-order valence-electron chi connectivity index (χ4n) is 0.665. The lowest BCUT2D eigenvalue weighted by molar-refractivity contribution is -0.117. The molecule has 11 heavy (non-hydrogen) atoms. The van der Waals surface area contributed by atoms with Crippen molar-refractivity contribution >= 4 is 29.5 Å². The van der Waals surface area contributed by atoms with Gasteiger partial charge in [-0.15, -0.1) is 0 Å². The van der Waals surface area contributed by atoms with E-state index in [2.05, 4.69) is 0 Å². The zero-order valence-electron chi connectivity index (χ0n) is 5.33. The summed E-state index contributed by atoms with van der Waals surface area (Å²) in [5.74, 6) is -1.03. The predicted molar refractivity (Wildman–Crippen MR) is 38.1 cm³/mol. The van der Waals surface area contributed by atoms with Crippen LogP contribution in [0.5, 0.6) is 0 Å². The number of allylic oxidation sites excluding steroid dienone is 4. The molecule has 0 saturated carbocycles. The second-order valence-electron chi connectivity index (χ2n) is 1.91. The predicted octanol–water partition coefficient (Wildman–Crippen LogP) is 0.386. The molecule has 56 valence electrons. The molecular formula is C7H3ClO3. The van der Waals surface area contributed by atoms with E-state index >= 15 is 0 Å². The first-order valence-electron chi connectivity index (χ1n) is 2.78. The van der Waals surface area contributed by atoms with Crippen LogP contribution in [0.4, 0.5) is 0 Å². The van der Waals surface area contributed by atoms with Gasteiger partial charge in [0.25, 0.3) is 0 Å². The van der Waals surface area contributed by atoms with Crippen LogP contribution in [-0.2, 0) is 14.4 Å². The van der Waals surface area contributed by atoms with E-state index in [1.807, 2.05) is 0 Å². The first-order chi connectivity index (χ1) is 5.16. The van der Waals surface area contributed by atoms with Gasteiger partial charge in [0, 0.05) is 0 Å². The van der Waals surface area contributed by atoms with Crippen LogP contribution in [0.2, 0.25) is 0 Å². The third kappa shape index (κ3) is 1.28. The number of rotatable bonds is 1. The van der Waals surface area contributed by atoms with Crippen LogP contribution in [0.25, 0.3) is 0 Å². The third-order valence-electron chi connectivity index (χ3n) is 1.22. The van der Waals surface area contributed by atoms with E-state index < -0.39 is 11.6 Å². The van der Waals surface area contributed by atoms with E-state index in [4.69, 9.17) is 11.6 Å². The van der Waals surface area contributed by atoms with Crippen LogP contribution in [0, 0.1) is 0 Å². The zero-order chi connectivity index (χ0) is 8.43. The Morgan fingerprint density at radius 2 is 1.73 bits per heavy atom. The Bertz CT molecular complexity index is 299.